The normalized spacial score (nSPS) is 17.0. The number of amides is 1. The fraction of sp³-hybridized carbons (Fsp3) is 0.412. The van der Waals surface area contributed by atoms with E-state index in [1.165, 1.54) is 5.56 Å². The van der Waals surface area contributed by atoms with Crippen LogP contribution in [0.3, 0.4) is 0 Å². The first-order valence-electron chi connectivity index (χ1n) is 7.70. The predicted molar refractivity (Wildman–Crippen MR) is 84.2 cm³/mol. The minimum atomic E-state index is -0.0739. The van der Waals surface area contributed by atoms with Crippen molar-refractivity contribution in [1.29, 1.82) is 0 Å². The Bertz CT molecular complexity index is 663. The van der Waals surface area contributed by atoms with Gasteiger partial charge in [-0.15, -0.1) is 0 Å². The second-order valence-electron chi connectivity index (χ2n) is 5.84. The van der Waals surface area contributed by atoms with Gasteiger partial charge in [0.25, 0.3) is 5.91 Å². The topological polar surface area (TPSA) is 56.2 Å². The van der Waals surface area contributed by atoms with Crippen LogP contribution in [0.5, 0.6) is 5.75 Å². The van der Waals surface area contributed by atoms with Crippen LogP contribution in [0.15, 0.2) is 36.5 Å². The van der Waals surface area contributed by atoms with Crippen LogP contribution < -0.4 is 10.1 Å². The molecular formula is C17H21N3O2. The van der Waals surface area contributed by atoms with E-state index < -0.39 is 0 Å². The third-order valence-corrected chi connectivity index (χ3v) is 3.98. The molecule has 5 nitrogen and oxygen atoms in total. The summed E-state index contributed by atoms with van der Waals surface area (Å²) in [5.74, 6) is 1.15. The molecule has 0 saturated heterocycles. The van der Waals surface area contributed by atoms with Gasteiger partial charge in [0.15, 0.2) is 0 Å². The summed E-state index contributed by atoms with van der Waals surface area (Å²) in [7, 11) is 0. The molecule has 3 rings (SSSR count). The summed E-state index contributed by atoms with van der Waals surface area (Å²) in [6.45, 7) is 5.33. The minimum absolute atomic E-state index is 0.0739. The lowest BCUT2D eigenvalue weighted by Gasteiger charge is -2.26. The predicted octanol–water partition coefficient (Wildman–Crippen LogP) is 2.76. The second kappa shape index (κ2) is 6.22. The number of nitrogens with zero attached hydrogens (tertiary/aromatic N) is 2. The molecule has 5 heteroatoms. The molecule has 0 radical (unpaired) electrons. The van der Waals surface area contributed by atoms with E-state index in [4.69, 9.17) is 4.74 Å². The summed E-state index contributed by atoms with van der Waals surface area (Å²) >= 11 is 0. The van der Waals surface area contributed by atoms with Gasteiger partial charge in [0.05, 0.1) is 6.61 Å². The molecule has 1 aromatic heterocycles. The Morgan fingerprint density at radius 2 is 2.23 bits per heavy atom. The minimum Gasteiger partial charge on any atom is -0.493 e. The summed E-state index contributed by atoms with van der Waals surface area (Å²) in [4.78, 5) is 12.4. The molecule has 1 atom stereocenters. The van der Waals surface area contributed by atoms with Gasteiger partial charge in [0.2, 0.25) is 0 Å². The first-order chi connectivity index (χ1) is 10.7. The lowest BCUT2D eigenvalue weighted by atomic mass is 9.93. The largest absolute Gasteiger partial charge is 0.493 e. The van der Waals surface area contributed by atoms with Gasteiger partial charge in [0.1, 0.15) is 11.4 Å². The molecule has 1 unspecified atom stereocenters. The summed E-state index contributed by atoms with van der Waals surface area (Å²) in [6, 6.07) is 9.96. The quantitative estimate of drug-likeness (QED) is 0.944. The number of para-hydroxylation sites is 1. The Kier molecular flexibility index (Phi) is 4.13. The number of fused-ring (bicyclic) bond motifs is 1. The molecule has 0 aliphatic carbocycles. The highest BCUT2D eigenvalue weighted by Gasteiger charge is 2.22. The fourth-order valence-corrected chi connectivity index (χ4v) is 2.84. The zero-order valence-corrected chi connectivity index (χ0v) is 13.0. The van der Waals surface area contributed by atoms with Crippen molar-refractivity contribution in [2.45, 2.75) is 32.2 Å². The Labute approximate surface area is 130 Å². The molecule has 2 aromatic rings. The molecule has 2 heterocycles. The van der Waals surface area contributed by atoms with Gasteiger partial charge in [0, 0.05) is 24.7 Å². The summed E-state index contributed by atoms with van der Waals surface area (Å²) in [6.07, 6.45) is 2.58. The van der Waals surface area contributed by atoms with Crippen LogP contribution in [-0.2, 0) is 0 Å². The molecule has 0 bridgehead atoms. The van der Waals surface area contributed by atoms with Crippen molar-refractivity contribution >= 4 is 5.91 Å². The molecule has 1 N–H and O–H groups in total. The molecule has 116 valence electrons. The summed E-state index contributed by atoms with van der Waals surface area (Å²) in [5.41, 5.74) is 1.78. The van der Waals surface area contributed by atoms with Crippen LogP contribution in [0.25, 0.3) is 0 Å². The third kappa shape index (κ3) is 2.84. The van der Waals surface area contributed by atoms with E-state index >= 15 is 0 Å². The van der Waals surface area contributed by atoms with Gasteiger partial charge >= 0.3 is 0 Å². The van der Waals surface area contributed by atoms with Gasteiger partial charge < -0.3 is 10.1 Å². The Balaban J connectivity index is 1.68. The SMILES string of the molecule is CC(C)n1nccc1C(=O)NCC1CCOc2ccccc21. The highest BCUT2D eigenvalue weighted by molar-refractivity contribution is 5.92. The molecule has 22 heavy (non-hydrogen) atoms. The third-order valence-electron chi connectivity index (χ3n) is 3.98. The van der Waals surface area contributed by atoms with Crippen LogP contribution >= 0.6 is 0 Å². The second-order valence-corrected chi connectivity index (χ2v) is 5.84. The van der Waals surface area contributed by atoms with Crippen LogP contribution in [0.2, 0.25) is 0 Å². The molecular weight excluding hydrogens is 278 g/mol. The number of hydrogen-bond acceptors (Lipinski definition) is 3. The maximum atomic E-state index is 12.4. The van der Waals surface area contributed by atoms with Crippen molar-refractivity contribution in [3.8, 4) is 5.75 Å². The lowest BCUT2D eigenvalue weighted by molar-refractivity contribution is 0.0935. The van der Waals surface area contributed by atoms with Crippen LogP contribution in [0.4, 0.5) is 0 Å². The smallest absolute Gasteiger partial charge is 0.269 e. The lowest BCUT2D eigenvalue weighted by Crippen LogP contribution is -2.32. The van der Waals surface area contributed by atoms with Crippen molar-refractivity contribution < 1.29 is 9.53 Å². The Hall–Kier alpha value is -2.30. The molecule has 1 amide bonds. The van der Waals surface area contributed by atoms with Crippen molar-refractivity contribution in [3.63, 3.8) is 0 Å². The maximum absolute atomic E-state index is 12.4. The summed E-state index contributed by atoms with van der Waals surface area (Å²) < 4.78 is 7.40. The molecule has 1 aromatic carbocycles. The number of nitrogens with one attached hydrogen (secondary N) is 1. The summed E-state index contributed by atoms with van der Waals surface area (Å²) in [5, 5.41) is 7.24. The maximum Gasteiger partial charge on any atom is 0.269 e. The number of benzene rings is 1. The van der Waals surface area contributed by atoms with E-state index in [1.54, 1.807) is 16.9 Å². The van der Waals surface area contributed by atoms with Crippen LogP contribution in [0, 0.1) is 0 Å². The van der Waals surface area contributed by atoms with E-state index in [9.17, 15) is 4.79 Å². The Morgan fingerprint density at radius 3 is 3.05 bits per heavy atom. The van der Waals surface area contributed by atoms with Crippen LogP contribution in [0.1, 0.15) is 48.3 Å². The number of aromatic nitrogens is 2. The fourth-order valence-electron chi connectivity index (χ4n) is 2.84. The van der Waals surface area contributed by atoms with Gasteiger partial charge in [-0.3, -0.25) is 9.48 Å². The first kappa shape index (κ1) is 14.6. The molecule has 1 aliphatic heterocycles. The van der Waals surface area contributed by atoms with E-state index in [0.29, 0.717) is 24.8 Å². The molecule has 1 aliphatic rings. The average Bonchev–Trinajstić information content (AvgIpc) is 3.02. The molecule has 0 fully saturated rings. The van der Waals surface area contributed by atoms with E-state index in [-0.39, 0.29) is 11.9 Å². The van der Waals surface area contributed by atoms with E-state index in [0.717, 1.165) is 12.2 Å². The van der Waals surface area contributed by atoms with Crippen LogP contribution in [-0.4, -0.2) is 28.8 Å². The van der Waals surface area contributed by atoms with Crippen molar-refractivity contribution in [2.75, 3.05) is 13.2 Å². The number of carbonyl (C=O) groups excluding carboxylic acids is 1. The zero-order chi connectivity index (χ0) is 15.5. The van der Waals surface area contributed by atoms with Gasteiger partial charge in [-0.1, -0.05) is 18.2 Å². The van der Waals surface area contributed by atoms with Crippen molar-refractivity contribution in [2.24, 2.45) is 0 Å². The first-order valence-corrected chi connectivity index (χ1v) is 7.70. The van der Waals surface area contributed by atoms with E-state index in [2.05, 4.69) is 16.5 Å². The van der Waals surface area contributed by atoms with Gasteiger partial charge in [-0.2, -0.15) is 5.10 Å². The van der Waals surface area contributed by atoms with Crippen molar-refractivity contribution in [1.82, 2.24) is 15.1 Å². The van der Waals surface area contributed by atoms with Crippen molar-refractivity contribution in [3.05, 3.63) is 47.8 Å². The molecule has 0 saturated carbocycles. The highest BCUT2D eigenvalue weighted by atomic mass is 16.5. The van der Waals surface area contributed by atoms with Gasteiger partial charge in [-0.05, 0) is 38.0 Å². The Morgan fingerprint density at radius 1 is 1.41 bits per heavy atom. The standard InChI is InChI=1S/C17H21N3O2/c1-12(2)20-15(7-9-19-20)17(21)18-11-13-8-10-22-16-6-4-3-5-14(13)16/h3-7,9,12-13H,8,10-11H2,1-2H3,(H,18,21). The number of hydrogen-bond donors (Lipinski definition) is 1. The number of carbonyl (C=O) groups is 1. The molecule has 0 spiro atoms. The van der Waals surface area contributed by atoms with E-state index in [1.807, 2.05) is 32.0 Å². The average molecular weight is 299 g/mol. The highest BCUT2D eigenvalue weighted by Crippen LogP contribution is 2.32. The zero-order valence-electron chi connectivity index (χ0n) is 13.0. The monoisotopic (exact) mass is 299 g/mol. The number of rotatable bonds is 4. The number of ether oxygens (including phenoxy) is 1. The van der Waals surface area contributed by atoms with Gasteiger partial charge in [-0.25, -0.2) is 0 Å².